The largest absolute Gasteiger partial charge is 0.339 e. The van der Waals surface area contributed by atoms with Crippen molar-refractivity contribution < 1.29 is 4.52 Å². The number of thioether (sulfide) groups is 1. The summed E-state index contributed by atoms with van der Waals surface area (Å²) >= 11 is 7.51. The van der Waals surface area contributed by atoms with Crippen LogP contribution < -0.4 is 0 Å². The Hall–Kier alpha value is -2.71. The van der Waals surface area contributed by atoms with Crippen molar-refractivity contribution in [1.82, 2.24) is 30.3 Å². The van der Waals surface area contributed by atoms with E-state index in [9.17, 15) is 0 Å². The zero-order valence-electron chi connectivity index (χ0n) is 14.2. The quantitative estimate of drug-likeness (QED) is 0.342. The molecule has 0 bridgehead atoms. The number of halogens is 1. The van der Waals surface area contributed by atoms with E-state index in [2.05, 4.69) is 25.7 Å². The van der Waals surface area contributed by atoms with Crippen LogP contribution in [0.5, 0.6) is 0 Å². The van der Waals surface area contributed by atoms with E-state index in [1.54, 1.807) is 16.4 Å². The molecule has 0 saturated carbocycles. The molecule has 9 heteroatoms. The SMILES string of the molecule is Clc1ccc(-n2nnnc2SCCCc2nc(-c3ccccc3)no2)cc1. The molecule has 0 spiro atoms. The first-order valence-electron chi connectivity index (χ1n) is 8.35. The lowest BCUT2D eigenvalue weighted by Gasteiger charge is -2.03. The highest BCUT2D eigenvalue weighted by Crippen LogP contribution is 2.21. The van der Waals surface area contributed by atoms with Gasteiger partial charge in [-0.3, -0.25) is 0 Å². The van der Waals surface area contributed by atoms with Crippen LogP contribution in [0.2, 0.25) is 5.02 Å². The van der Waals surface area contributed by atoms with Crippen LogP contribution in [0.4, 0.5) is 0 Å². The van der Waals surface area contributed by atoms with Crippen molar-refractivity contribution in [1.29, 1.82) is 0 Å². The summed E-state index contributed by atoms with van der Waals surface area (Å²) < 4.78 is 7.03. The summed E-state index contributed by atoms with van der Waals surface area (Å²) in [4.78, 5) is 4.44. The lowest BCUT2D eigenvalue weighted by atomic mass is 10.2. The average molecular weight is 399 g/mol. The zero-order valence-corrected chi connectivity index (χ0v) is 15.8. The Bertz CT molecular complexity index is 1000. The molecule has 0 aliphatic rings. The number of aromatic nitrogens is 6. The molecule has 0 amide bonds. The highest BCUT2D eigenvalue weighted by atomic mass is 35.5. The lowest BCUT2D eigenvalue weighted by molar-refractivity contribution is 0.378. The highest BCUT2D eigenvalue weighted by molar-refractivity contribution is 7.99. The number of hydrogen-bond acceptors (Lipinski definition) is 7. The fourth-order valence-corrected chi connectivity index (χ4v) is 3.42. The van der Waals surface area contributed by atoms with Crippen molar-refractivity contribution in [3.05, 3.63) is 65.5 Å². The van der Waals surface area contributed by atoms with Crippen LogP contribution in [0.15, 0.2) is 64.3 Å². The van der Waals surface area contributed by atoms with Crippen molar-refractivity contribution in [2.24, 2.45) is 0 Å². The Labute approximate surface area is 164 Å². The molecular weight excluding hydrogens is 384 g/mol. The number of nitrogens with zero attached hydrogens (tertiary/aromatic N) is 6. The van der Waals surface area contributed by atoms with Crippen LogP contribution in [0, 0.1) is 0 Å². The molecule has 0 saturated heterocycles. The molecule has 27 heavy (non-hydrogen) atoms. The molecule has 4 aromatic rings. The number of rotatable bonds is 7. The van der Waals surface area contributed by atoms with E-state index >= 15 is 0 Å². The third-order valence-electron chi connectivity index (χ3n) is 3.78. The van der Waals surface area contributed by atoms with Crippen molar-refractivity contribution >= 4 is 23.4 Å². The summed E-state index contributed by atoms with van der Waals surface area (Å²) in [6, 6.07) is 17.2. The molecule has 0 N–H and O–H groups in total. The van der Waals surface area contributed by atoms with Crippen LogP contribution in [0.25, 0.3) is 17.1 Å². The highest BCUT2D eigenvalue weighted by Gasteiger charge is 2.11. The number of hydrogen-bond donors (Lipinski definition) is 0. The van der Waals surface area contributed by atoms with E-state index in [1.165, 1.54) is 0 Å². The van der Waals surface area contributed by atoms with E-state index in [4.69, 9.17) is 16.1 Å². The molecule has 4 rings (SSSR count). The fraction of sp³-hybridized carbons (Fsp3) is 0.167. The molecule has 2 heterocycles. The van der Waals surface area contributed by atoms with Gasteiger partial charge in [0.1, 0.15) is 0 Å². The van der Waals surface area contributed by atoms with Crippen LogP contribution in [0.1, 0.15) is 12.3 Å². The first-order chi connectivity index (χ1) is 13.3. The van der Waals surface area contributed by atoms with Gasteiger partial charge in [0.05, 0.1) is 5.69 Å². The van der Waals surface area contributed by atoms with Gasteiger partial charge in [0.25, 0.3) is 0 Å². The molecule has 136 valence electrons. The summed E-state index contributed by atoms with van der Waals surface area (Å²) in [6.07, 6.45) is 1.57. The van der Waals surface area contributed by atoms with Crippen molar-refractivity contribution in [3.8, 4) is 17.1 Å². The Morgan fingerprint density at radius 2 is 1.85 bits per heavy atom. The topological polar surface area (TPSA) is 82.5 Å². The lowest BCUT2D eigenvalue weighted by Crippen LogP contribution is -1.99. The zero-order chi connectivity index (χ0) is 18.5. The Kier molecular flexibility index (Phi) is 5.45. The molecular formula is C18H15ClN6OS. The van der Waals surface area contributed by atoms with E-state index in [-0.39, 0.29) is 0 Å². The van der Waals surface area contributed by atoms with Gasteiger partial charge in [-0.1, -0.05) is 58.9 Å². The van der Waals surface area contributed by atoms with Gasteiger partial charge in [0.2, 0.25) is 16.9 Å². The smallest absolute Gasteiger partial charge is 0.226 e. The van der Waals surface area contributed by atoms with Crippen molar-refractivity contribution in [2.45, 2.75) is 18.0 Å². The summed E-state index contributed by atoms with van der Waals surface area (Å²) in [5, 5.41) is 17.3. The normalized spacial score (nSPS) is 11.0. The minimum Gasteiger partial charge on any atom is -0.339 e. The second-order valence-corrected chi connectivity index (χ2v) is 7.18. The van der Waals surface area contributed by atoms with E-state index in [0.29, 0.717) is 23.2 Å². The minimum absolute atomic E-state index is 0.616. The summed E-state index contributed by atoms with van der Waals surface area (Å²) in [5.74, 6) is 2.08. The molecule has 7 nitrogen and oxygen atoms in total. The summed E-state index contributed by atoms with van der Waals surface area (Å²) in [5.41, 5.74) is 1.82. The predicted molar refractivity (Wildman–Crippen MR) is 103 cm³/mol. The van der Waals surface area contributed by atoms with Crippen LogP contribution >= 0.6 is 23.4 Å². The molecule has 2 aromatic carbocycles. The van der Waals surface area contributed by atoms with Gasteiger partial charge < -0.3 is 4.52 Å². The second-order valence-electron chi connectivity index (χ2n) is 5.68. The third kappa shape index (κ3) is 4.35. The average Bonchev–Trinajstić information content (AvgIpc) is 3.36. The van der Waals surface area contributed by atoms with Gasteiger partial charge in [-0.15, -0.1) is 5.10 Å². The standard InChI is InChI=1S/C18H15ClN6OS/c19-14-8-10-15(11-9-14)25-18(21-23-24-25)27-12-4-7-16-20-17(22-26-16)13-5-2-1-3-6-13/h1-3,5-6,8-11H,4,7,12H2. The Morgan fingerprint density at radius 3 is 2.67 bits per heavy atom. The van der Waals surface area contributed by atoms with E-state index in [0.717, 1.165) is 28.6 Å². The molecule has 0 radical (unpaired) electrons. The number of aryl methyl sites for hydroxylation is 1. The summed E-state index contributed by atoms with van der Waals surface area (Å²) in [7, 11) is 0. The second kappa shape index (κ2) is 8.32. The van der Waals surface area contributed by atoms with Gasteiger partial charge in [-0.25, -0.2) is 0 Å². The molecule has 0 unspecified atom stereocenters. The fourth-order valence-electron chi connectivity index (χ4n) is 2.46. The third-order valence-corrected chi connectivity index (χ3v) is 5.04. The maximum Gasteiger partial charge on any atom is 0.226 e. The molecule has 0 atom stereocenters. The van der Waals surface area contributed by atoms with E-state index in [1.807, 2.05) is 54.6 Å². The van der Waals surface area contributed by atoms with Crippen molar-refractivity contribution in [3.63, 3.8) is 0 Å². The molecule has 0 aliphatic carbocycles. The molecule has 2 aromatic heterocycles. The van der Waals surface area contributed by atoms with Crippen LogP contribution in [-0.2, 0) is 6.42 Å². The minimum atomic E-state index is 0.616. The molecule has 0 aliphatic heterocycles. The monoisotopic (exact) mass is 398 g/mol. The first-order valence-corrected chi connectivity index (χ1v) is 9.71. The van der Waals surface area contributed by atoms with Crippen molar-refractivity contribution in [2.75, 3.05) is 5.75 Å². The van der Waals surface area contributed by atoms with Crippen LogP contribution in [-0.4, -0.2) is 36.1 Å². The predicted octanol–water partition coefficient (Wildman–Crippen LogP) is 4.09. The Morgan fingerprint density at radius 1 is 1.04 bits per heavy atom. The number of tetrazole rings is 1. The van der Waals surface area contributed by atoms with Gasteiger partial charge in [0.15, 0.2) is 0 Å². The summed E-state index contributed by atoms with van der Waals surface area (Å²) in [6.45, 7) is 0. The maximum absolute atomic E-state index is 5.93. The molecule has 0 fully saturated rings. The van der Waals surface area contributed by atoms with Crippen LogP contribution in [0.3, 0.4) is 0 Å². The number of benzene rings is 2. The van der Waals surface area contributed by atoms with Gasteiger partial charge in [-0.2, -0.15) is 9.67 Å². The van der Waals surface area contributed by atoms with Gasteiger partial charge in [0, 0.05) is 22.8 Å². The Balaban J connectivity index is 1.32. The van der Waals surface area contributed by atoms with Gasteiger partial charge in [-0.05, 0) is 41.1 Å². The van der Waals surface area contributed by atoms with E-state index < -0.39 is 0 Å². The first kappa shape index (κ1) is 17.7. The maximum atomic E-state index is 5.93. The van der Waals surface area contributed by atoms with Gasteiger partial charge >= 0.3 is 0 Å².